The Morgan fingerprint density at radius 3 is 2.81 bits per heavy atom. The molecule has 0 bridgehead atoms. The lowest BCUT2D eigenvalue weighted by molar-refractivity contribution is -0.144. The first-order chi connectivity index (χ1) is 12.8. The molecule has 1 saturated heterocycles. The molecule has 11 heteroatoms. The van der Waals surface area contributed by atoms with E-state index in [0.29, 0.717) is 18.0 Å². The largest absolute Gasteiger partial charge is 0.492 e. The van der Waals surface area contributed by atoms with E-state index in [-0.39, 0.29) is 18.9 Å². The lowest BCUT2D eigenvalue weighted by Gasteiger charge is -2.19. The van der Waals surface area contributed by atoms with Crippen molar-refractivity contribution in [3.8, 4) is 5.75 Å². The molecular formula is C16H16F3N5O3. The summed E-state index contributed by atoms with van der Waals surface area (Å²) in [4.78, 5) is 29.3. The van der Waals surface area contributed by atoms with Crippen LogP contribution in [0.25, 0.3) is 0 Å². The number of alkyl halides is 3. The fourth-order valence-corrected chi connectivity index (χ4v) is 2.73. The number of rotatable bonds is 5. The number of nitrogens with one attached hydrogen (secondary N) is 2. The van der Waals surface area contributed by atoms with Crippen LogP contribution in [-0.4, -0.2) is 40.1 Å². The average Bonchev–Trinajstić information content (AvgIpc) is 3.22. The second-order valence-electron chi connectivity index (χ2n) is 5.80. The van der Waals surface area contributed by atoms with Crippen molar-refractivity contribution in [2.24, 2.45) is 5.92 Å². The minimum atomic E-state index is -4.70. The Hall–Kier alpha value is -3.11. The molecule has 2 N–H and O–H groups in total. The van der Waals surface area contributed by atoms with Crippen molar-refractivity contribution in [3.05, 3.63) is 30.1 Å². The van der Waals surface area contributed by atoms with Gasteiger partial charge in [-0.15, -0.1) is 5.10 Å². The minimum Gasteiger partial charge on any atom is -0.492 e. The normalized spacial score (nSPS) is 17.3. The fourth-order valence-electron chi connectivity index (χ4n) is 2.73. The second-order valence-corrected chi connectivity index (χ2v) is 5.80. The molecular weight excluding hydrogens is 367 g/mol. The van der Waals surface area contributed by atoms with Gasteiger partial charge in [0.05, 0.1) is 18.2 Å². The Morgan fingerprint density at radius 1 is 1.41 bits per heavy atom. The molecule has 1 aliphatic heterocycles. The predicted molar refractivity (Wildman–Crippen MR) is 88.1 cm³/mol. The predicted octanol–water partition coefficient (Wildman–Crippen LogP) is 2.21. The van der Waals surface area contributed by atoms with Gasteiger partial charge in [-0.25, -0.2) is 0 Å². The number of H-pyrrole nitrogens is 1. The summed E-state index contributed by atoms with van der Waals surface area (Å²) < 4.78 is 43.1. The van der Waals surface area contributed by atoms with Crippen LogP contribution >= 0.6 is 0 Å². The van der Waals surface area contributed by atoms with Crippen LogP contribution in [-0.2, 0) is 15.8 Å². The van der Waals surface area contributed by atoms with Gasteiger partial charge in [-0.1, -0.05) is 12.1 Å². The summed E-state index contributed by atoms with van der Waals surface area (Å²) >= 11 is 0. The van der Waals surface area contributed by atoms with Crippen molar-refractivity contribution >= 4 is 23.5 Å². The van der Waals surface area contributed by atoms with Crippen LogP contribution in [0.3, 0.4) is 0 Å². The molecule has 1 aromatic heterocycles. The standard InChI is InChI=1S/C16H16F3N5O3/c1-2-27-11-6-4-3-5-10(11)24-8-9(7-12(24)25)13(26)20-15-21-14(22-23-15)16(17,18)19/h3-6,9H,2,7-8H2,1H3,(H2,20,21,22,23,26). The molecule has 8 nitrogen and oxygen atoms in total. The summed E-state index contributed by atoms with van der Waals surface area (Å²) in [6, 6.07) is 6.92. The van der Waals surface area contributed by atoms with Crippen molar-refractivity contribution in [3.63, 3.8) is 0 Å². The SMILES string of the molecule is CCOc1ccccc1N1CC(C(=O)Nc2n[nH]c(C(F)(F)F)n2)CC1=O. The number of carbonyl (C=O) groups is 2. The Kier molecular flexibility index (Phi) is 5.02. The molecule has 2 amide bonds. The van der Waals surface area contributed by atoms with Crippen LogP contribution in [0.15, 0.2) is 24.3 Å². The zero-order valence-electron chi connectivity index (χ0n) is 14.2. The van der Waals surface area contributed by atoms with Gasteiger partial charge in [-0.2, -0.15) is 18.2 Å². The number of anilines is 2. The number of amides is 2. The highest BCUT2D eigenvalue weighted by Gasteiger charge is 2.38. The maximum atomic E-state index is 12.5. The summed E-state index contributed by atoms with van der Waals surface area (Å²) in [6.45, 7) is 2.30. The lowest BCUT2D eigenvalue weighted by atomic mass is 10.1. The third-order valence-electron chi connectivity index (χ3n) is 3.94. The number of hydrogen-bond acceptors (Lipinski definition) is 5. The van der Waals surface area contributed by atoms with Crippen LogP contribution in [0.2, 0.25) is 0 Å². The fraction of sp³-hybridized carbons (Fsp3) is 0.375. The Morgan fingerprint density at radius 2 is 2.15 bits per heavy atom. The van der Waals surface area contributed by atoms with Gasteiger partial charge >= 0.3 is 6.18 Å². The number of nitrogens with zero attached hydrogens (tertiary/aromatic N) is 3. The topological polar surface area (TPSA) is 100 Å². The highest BCUT2D eigenvalue weighted by molar-refractivity contribution is 6.03. The molecule has 1 fully saturated rings. The van der Waals surface area contributed by atoms with E-state index in [1.54, 1.807) is 29.4 Å². The Balaban J connectivity index is 1.70. The molecule has 0 radical (unpaired) electrons. The molecule has 1 aromatic carbocycles. The summed E-state index contributed by atoms with van der Waals surface area (Å²) in [5.41, 5.74) is 0.539. The summed E-state index contributed by atoms with van der Waals surface area (Å²) in [5, 5.41) is 7.24. The number of para-hydroxylation sites is 2. The zero-order chi connectivity index (χ0) is 19.6. The molecule has 1 aliphatic rings. The number of aromatic amines is 1. The highest BCUT2D eigenvalue weighted by Crippen LogP contribution is 2.33. The molecule has 144 valence electrons. The summed E-state index contributed by atoms with van der Waals surface area (Å²) in [7, 11) is 0. The maximum Gasteiger partial charge on any atom is 0.451 e. The van der Waals surface area contributed by atoms with E-state index < -0.39 is 29.8 Å². The van der Waals surface area contributed by atoms with Crippen molar-refractivity contribution < 1.29 is 27.5 Å². The molecule has 2 aromatic rings. The molecule has 27 heavy (non-hydrogen) atoms. The number of aromatic nitrogens is 3. The number of benzene rings is 1. The van der Waals surface area contributed by atoms with Crippen LogP contribution in [0, 0.1) is 5.92 Å². The van der Waals surface area contributed by atoms with E-state index in [1.807, 2.05) is 6.92 Å². The third kappa shape index (κ3) is 4.01. The highest BCUT2D eigenvalue weighted by atomic mass is 19.4. The van der Waals surface area contributed by atoms with Gasteiger partial charge in [-0.3, -0.25) is 20.0 Å². The van der Waals surface area contributed by atoms with E-state index in [4.69, 9.17) is 4.74 Å². The number of ether oxygens (including phenoxy) is 1. The molecule has 0 spiro atoms. The van der Waals surface area contributed by atoms with Crippen LogP contribution in [0.1, 0.15) is 19.2 Å². The zero-order valence-corrected chi connectivity index (χ0v) is 14.2. The number of halogens is 3. The van der Waals surface area contributed by atoms with Gasteiger partial charge in [0.15, 0.2) is 0 Å². The molecule has 0 aliphatic carbocycles. The molecule has 3 rings (SSSR count). The van der Waals surface area contributed by atoms with Crippen molar-refractivity contribution in [1.82, 2.24) is 15.2 Å². The van der Waals surface area contributed by atoms with E-state index in [0.717, 1.165) is 0 Å². The van der Waals surface area contributed by atoms with Gasteiger partial charge in [0, 0.05) is 13.0 Å². The third-order valence-corrected chi connectivity index (χ3v) is 3.94. The molecule has 1 unspecified atom stereocenters. The van der Waals surface area contributed by atoms with Gasteiger partial charge in [0.2, 0.25) is 23.6 Å². The number of carbonyl (C=O) groups excluding carboxylic acids is 2. The Bertz CT molecular complexity index is 852. The average molecular weight is 383 g/mol. The monoisotopic (exact) mass is 383 g/mol. The first-order valence-electron chi connectivity index (χ1n) is 8.12. The Labute approximate surface area is 151 Å². The lowest BCUT2D eigenvalue weighted by Crippen LogP contribution is -2.28. The summed E-state index contributed by atoms with van der Waals surface area (Å²) in [6.07, 6.45) is -4.78. The smallest absolute Gasteiger partial charge is 0.451 e. The van der Waals surface area contributed by atoms with E-state index in [9.17, 15) is 22.8 Å². The van der Waals surface area contributed by atoms with Gasteiger partial charge in [0.1, 0.15) is 5.75 Å². The van der Waals surface area contributed by atoms with Gasteiger partial charge in [-0.05, 0) is 19.1 Å². The van der Waals surface area contributed by atoms with Crippen LogP contribution < -0.4 is 15.0 Å². The van der Waals surface area contributed by atoms with Crippen LogP contribution in [0.5, 0.6) is 5.75 Å². The van der Waals surface area contributed by atoms with Gasteiger partial charge in [0.25, 0.3) is 0 Å². The van der Waals surface area contributed by atoms with Crippen molar-refractivity contribution in [2.45, 2.75) is 19.5 Å². The van der Waals surface area contributed by atoms with E-state index in [1.165, 1.54) is 4.90 Å². The first-order valence-corrected chi connectivity index (χ1v) is 8.12. The number of hydrogen-bond donors (Lipinski definition) is 2. The molecule has 0 saturated carbocycles. The van der Waals surface area contributed by atoms with Crippen LogP contribution in [0.4, 0.5) is 24.8 Å². The summed E-state index contributed by atoms with van der Waals surface area (Å²) in [5.74, 6) is -2.96. The molecule has 1 atom stereocenters. The van der Waals surface area contributed by atoms with Crippen molar-refractivity contribution in [1.29, 1.82) is 0 Å². The van der Waals surface area contributed by atoms with E-state index in [2.05, 4.69) is 15.4 Å². The minimum absolute atomic E-state index is 0.0747. The van der Waals surface area contributed by atoms with Gasteiger partial charge < -0.3 is 9.64 Å². The maximum absolute atomic E-state index is 12.5. The second kappa shape index (κ2) is 7.25. The van der Waals surface area contributed by atoms with Crippen molar-refractivity contribution in [2.75, 3.05) is 23.4 Å². The molecule has 2 heterocycles. The van der Waals surface area contributed by atoms with E-state index >= 15 is 0 Å². The quantitative estimate of drug-likeness (QED) is 0.825. The first kappa shape index (κ1) is 18.7.